The van der Waals surface area contributed by atoms with Gasteiger partial charge in [-0.25, -0.2) is 4.79 Å². The number of ether oxygens (including phenoxy) is 1. The smallest absolute Gasteiger partial charge is 0.344 e. The van der Waals surface area contributed by atoms with Crippen molar-refractivity contribution in [3.05, 3.63) is 64.7 Å². The molecule has 0 spiro atoms. The Morgan fingerprint density at radius 3 is 2.15 bits per heavy atom. The molecular formula is C28H37NO3P+. The molecule has 1 aliphatic carbocycles. The zero-order valence-electron chi connectivity index (χ0n) is 20.3. The van der Waals surface area contributed by atoms with Crippen LogP contribution in [0.3, 0.4) is 0 Å². The Bertz CT molecular complexity index is 984. The van der Waals surface area contributed by atoms with E-state index in [1.807, 2.05) is 30.3 Å². The average molecular weight is 467 g/mol. The second-order valence-corrected chi connectivity index (χ2v) is 14.4. The van der Waals surface area contributed by atoms with Crippen LogP contribution in [-0.4, -0.2) is 35.5 Å². The second kappa shape index (κ2) is 9.97. The summed E-state index contributed by atoms with van der Waals surface area (Å²) in [6.45, 7) is 6.52. The van der Waals surface area contributed by atoms with Gasteiger partial charge in [0.2, 0.25) is 0 Å². The largest absolute Gasteiger partial charge is 0.458 e. The highest BCUT2D eigenvalue weighted by Gasteiger charge is 2.66. The van der Waals surface area contributed by atoms with Crippen molar-refractivity contribution in [3.8, 4) is 0 Å². The Balaban J connectivity index is 1.55. The maximum absolute atomic E-state index is 13.9. The Morgan fingerprint density at radius 2 is 1.58 bits per heavy atom. The number of nitrogens with one attached hydrogen (secondary N) is 1. The number of esters is 1. The first-order valence-corrected chi connectivity index (χ1v) is 14.6. The third-order valence-electron chi connectivity index (χ3n) is 7.77. The summed E-state index contributed by atoms with van der Waals surface area (Å²) in [7, 11) is -1.82. The fourth-order valence-corrected chi connectivity index (χ4v) is 11.6. The van der Waals surface area contributed by atoms with Gasteiger partial charge in [0.25, 0.3) is 5.91 Å². The van der Waals surface area contributed by atoms with E-state index in [1.54, 1.807) is 0 Å². The zero-order chi connectivity index (χ0) is 23.5. The maximum Gasteiger partial charge on any atom is 0.344 e. The van der Waals surface area contributed by atoms with Gasteiger partial charge in [0.15, 0.2) is 11.3 Å². The molecule has 1 N–H and O–H groups in total. The molecule has 2 aliphatic rings. The van der Waals surface area contributed by atoms with Crippen molar-refractivity contribution in [3.63, 3.8) is 0 Å². The van der Waals surface area contributed by atoms with Crippen LogP contribution in [0.25, 0.3) is 0 Å². The molecule has 1 saturated carbocycles. The lowest BCUT2D eigenvalue weighted by Gasteiger charge is -2.50. The third-order valence-corrected chi connectivity index (χ3v) is 13.4. The number of anilines is 1. The van der Waals surface area contributed by atoms with E-state index in [1.165, 1.54) is 12.0 Å². The number of benzene rings is 2. The minimum absolute atomic E-state index is 0.129. The van der Waals surface area contributed by atoms with Gasteiger partial charge >= 0.3 is 5.97 Å². The first-order valence-electron chi connectivity index (χ1n) is 12.3. The molecule has 0 bridgehead atoms. The molecule has 1 amide bonds. The van der Waals surface area contributed by atoms with Crippen LogP contribution in [0.15, 0.2) is 42.5 Å². The van der Waals surface area contributed by atoms with Crippen molar-refractivity contribution in [2.45, 2.75) is 71.1 Å². The van der Waals surface area contributed by atoms with E-state index in [9.17, 15) is 9.59 Å². The first kappa shape index (κ1) is 24.0. The van der Waals surface area contributed by atoms with Crippen LogP contribution in [-0.2, 0) is 20.9 Å². The molecule has 0 atom stereocenters. The van der Waals surface area contributed by atoms with E-state index in [0.717, 1.165) is 66.8 Å². The van der Waals surface area contributed by atoms with E-state index in [0.29, 0.717) is 12.8 Å². The third kappa shape index (κ3) is 4.87. The van der Waals surface area contributed by atoms with Gasteiger partial charge in [-0.05, 0) is 76.0 Å². The molecule has 2 fully saturated rings. The number of aryl methyl sites for hydroxylation is 3. The van der Waals surface area contributed by atoms with Crippen LogP contribution >= 0.6 is 7.26 Å². The normalized spacial score (nSPS) is 18.8. The van der Waals surface area contributed by atoms with Crippen molar-refractivity contribution in [1.29, 1.82) is 0 Å². The highest BCUT2D eigenvalue weighted by molar-refractivity contribution is 7.79. The van der Waals surface area contributed by atoms with Crippen molar-refractivity contribution < 1.29 is 14.3 Å². The highest BCUT2D eigenvalue weighted by Crippen LogP contribution is 2.77. The summed E-state index contributed by atoms with van der Waals surface area (Å²) in [5.41, 5.74) is 5.36. The van der Waals surface area contributed by atoms with Gasteiger partial charge in [0.05, 0.1) is 12.3 Å². The average Bonchev–Trinajstić information content (AvgIpc) is 2.75. The molecule has 5 heteroatoms. The molecule has 176 valence electrons. The van der Waals surface area contributed by atoms with Crippen molar-refractivity contribution in [1.82, 2.24) is 0 Å². The Morgan fingerprint density at radius 1 is 0.939 bits per heavy atom. The summed E-state index contributed by atoms with van der Waals surface area (Å²) in [5.74, 6) is 0.0192. The standard InChI is InChI=1S/C28H36NO3P/c1-21-17-22(2)26(23(3)18-21)29-27(31)28(13-10-14-28)33(15-8-5-9-16-33)20-25(30)32-19-24-11-6-4-7-12-24/h4,6-7,11-12,17-18H,5,8-10,13-16,19-20H2,1-3H3/p+1. The number of rotatable bonds is 7. The lowest BCUT2D eigenvalue weighted by atomic mass is 9.83. The molecule has 0 aromatic heterocycles. The minimum Gasteiger partial charge on any atom is -0.458 e. The number of hydrogen-bond donors (Lipinski definition) is 1. The summed E-state index contributed by atoms with van der Waals surface area (Å²) in [5, 5.41) is 2.97. The maximum atomic E-state index is 13.9. The molecule has 1 aliphatic heterocycles. The molecule has 1 saturated heterocycles. The van der Waals surface area contributed by atoms with Crippen molar-refractivity contribution in [2.75, 3.05) is 23.8 Å². The molecule has 4 rings (SSSR count). The fourth-order valence-electron chi connectivity index (χ4n) is 5.92. The summed E-state index contributed by atoms with van der Waals surface area (Å²) in [4.78, 5) is 27.0. The molecule has 0 unspecified atom stereocenters. The lowest BCUT2D eigenvalue weighted by molar-refractivity contribution is -0.141. The number of amides is 1. The summed E-state index contributed by atoms with van der Waals surface area (Å²) >= 11 is 0. The van der Waals surface area contributed by atoms with E-state index < -0.39 is 7.26 Å². The first-order chi connectivity index (χ1) is 15.9. The van der Waals surface area contributed by atoms with Gasteiger partial charge in [-0.3, -0.25) is 4.79 Å². The molecule has 1 heterocycles. The number of carbonyl (C=O) groups is 2. The van der Waals surface area contributed by atoms with Gasteiger partial charge in [0, 0.05) is 12.9 Å². The van der Waals surface area contributed by atoms with Crippen LogP contribution in [0.4, 0.5) is 5.69 Å². The van der Waals surface area contributed by atoms with E-state index in [-0.39, 0.29) is 17.0 Å². The number of hydrogen-bond acceptors (Lipinski definition) is 3. The molecule has 2 aromatic rings. The summed E-state index contributed by atoms with van der Waals surface area (Å²) < 4.78 is 5.73. The van der Waals surface area contributed by atoms with Crippen LogP contribution in [0.2, 0.25) is 0 Å². The molecule has 33 heavy (non-hydrogen) atoms. The Kier molecular flexibility index (Phi) is 7.24. The topological polar surface area (TPSA) is 55.4 Å². The zero-order valence-corrected chi connectivity index (χ0v) is 21.2. The van der Waals surface area contributed by atoms with Crippen molar-refractivity contribution in [2.24, 2.45) is 0 Å². The monoisotopic (exact) mass is 466 g/mol. The quantitative estimate of drug-likeness (QED) is 0.378. The van der Waals surface area contributed by atoms with Gasteiger partial charge < -0.3 is 10.1 Å². The molecule has 0 radical (unpaired) electrons. The Labute approximate surface area is 198 Å². The van der Waals surface area contributed by atoms with Gasteiger partial charge in [-0.1, -0.05) is 48.0 Å². The van der Waals surface area contributed by atoms with Gasteiger partial charge in [0.1, 0.15) is 6.61 Å². The van der Waals surface area contributed by atoms with Crippen LogP contribution in [0, 0.1) is 20.8 Å². The van der Waals surface area contributed by atoms with E-state index in [2.05, 4.69) is 38.2 Å². The van der Waals surface area contributed by atoms with Crippen LogP contribution in [0.1, 0.15) is 60.8 Å². The minimum atomic E-state index is -1.82. The van der Waals surface area contributed by atoms with Crippen molar-refractivity contribution >= 4 is 24.8 Å². The second-order valence-electron chi connectivity index (χ2n) is 10.1. The molecule has 4 nitrogen and oxygen atoms in total. The Hall–Kier alpha value is -2.19. The van der Waals surface area contributed by atoms with Crippen LogP contribution < -0.4 is 5.32 Å². The fraction of sp³-hybridized carbons (Fsp3) is 0.500. The lowest BCUT2D eigenvalue weighted by Crippen LogP contribution is -2.53. The van der Waals surface area contributed by atoms with E-state index in [4.69, 9.17) is 4.74 Å². The summed E-state index contributed by atoms with van der Waals surface area (Å²) in [6, 6.07) is 14.1. The van der Waals surface area contributed by atoms with Gasteiger partial charge in [-0.15, -0.1) is 0 Å². The summed E-state index contributed by atoms with van der Waals surface area (Å²) in [6.07, 6.45) is 8.84. The van der Waals surface area contributed by atoms with Crippen LogP contribution in [0.5, 0.6) is 0 Å². The predicted octanol–water partition coefficient (Wildman–Crippen LogP) is 6.42. The van der Waals surface area contributed by atoms with E-state index >= 15 is 0 Å². The van der Waals surface area contributed by atoms with Gasteiger partial charge in [-0.2, -0.15) is 0 Å². The molecular weight excluding hydrogens is 429 g/mol. The SMILES string of the molecule is Cc1cc(C)c(NC(=O)C2([P+]3(CC(=O)OCc4ccccc4)CCCCC3)CCC2)c(C)c1. The highest BCUT2D eigenvalue weighted by atomic mass is 31.2. The predicted molar refractivity (Wildman–Crippen MR) is 137 cm³/mol. The number of carbonyl (C=O) groups excluding carboxylic acids is 2. The molecule has 2 aromatic carbocycles.